The summed E-state index contributed by atoms with van der Waals surface area (Å²) < 4.78 is 5.12. The van der Waals surface area contributed by atoms with Crippen LogP contribution in [0, 0.1) is 5.92 Å². The van der Waals surface area contributed by atoms with Gasteiger partial charge >= 0.3 is 0 Å². The van der Waals surface area contributed by atoms with Gasteiger partial charge in [-0.15, -0.1) is 0 Å². The molecule has 26 heavy (non-hydrogen) atoms. The van der Waals surface area contributed by atoms with Crippen molar-refractivity contribution in [2.24, 2.45) is 5.92 Å². The maximum Gasteiger partial charge on any atom is 0.251 e. The van der Waals surface area contributed by atoms with Crippen LogP contribution in [0.2, 0.25) is 5.02 Å². The molecule has 0 unspecified atom stereocenters. The van der Waals surface area contributed by atoms with Gasteiger partial charge in [0.25, 0.3) is 5.91 Å². The molecule has 0 saturated carbocycles. The highest BCUT2D eigenvalue weighted by Gasteiger charge is 2.22. The summed E-state index contributed by atoms with van der Waals surface area (Å²) >= 11 is 5.93. The van der Waals surface area contributed by atoms with Crippen molar-refractivity contribution >= 4 is 17.5 Å². The van der Waals surface area contributed by atoms with Gasteiger partial charge in [-0.2, -0.15) is 0 Å². The summed E-state index contributed by atoms with van der Waals surface area (Å²) in [6, 6.07) is 15.4. The highest BCUT2D eigenvalue weighted by atomic mass is 35.5. The van der Waals surface area contributed by atoms with Crippen LogP contribution in [0.25, 0.3) is 11.1 Å². The summed E-state index contributed by atoms with van der Waals surface area (Å²) in [5.74, 6) is 0.507. The summed E-state index contributed by atoms with van der Waals surface area (Å²) in [4.78, 5) is 14.8. The Balaban J connectivity index is 1.50. The molecule has 1 amide bonds. The van der Waals surface area contributed by atoms with Crippen molar-refractivity contribution in [1.29, 1.82) is 0 Å². The number of nitrogens with one attached hydrogen (secondary N) is 1. The summed E-state index contributed by atoms with van der Waals surface area (Å²) in [5, 5.41) is 3.79. The number of hydrogen-bond donors (Lipinski definition) is 1. The van der Waals surface area contributed by atoms with E-state index in [9.17, 15) is 4.79 Å². The first-order valence-corrected chi connectivity index (χ1v) is 9.39. The molecule has 5 heteroatoms. The largest absolute Gasteiger partial charge is 0.383 e. The first-order valence-electron chi connectivity index (χ1n) is 9.01. The molecule has 0 aliphatic carbocycles. The molecule has 0 spiro atoms. The predicted octanol–water partition coefficient (Wildman–Crippen LogP) is 3.71. The number of halogens is 1. The highest BCUT2D eigenvalue weighted by Crippen LogP contribution is 2.22. The minimum absolute atomic E-state index is 0.0111. The van der Waals surface area contributed by atoms with Gasteiger partial charge in [0.2, 0.25) is 0 Å². The quantitative estimate of drug-likeness (QED) is 0.805. The lowest BCUT2D eigenvalue weighted by Gasteiger charge is -2.15. The maximum absolute atomic E-state index is 12.4. The molecule has 1 N–H and O–H groups in total. The van der Waals surface area contributed by atoms with Gasteiger partial charge in [0.15, 0.2) is 0 Å². The molecule has 138 valence electrons. The average Bonchev–Trinajstić information content (AvgIpc) is 3.13. The normalized spacial score (nSPS) is 17.4. The van der Waals surface area contributed by atoms with Crippen molar-refractivity contribution in [3.05, 3.63) is 59.1 Å². The number of rotatable bonds is 7. The van der Waals surface area contributed by atoms with Crippen molar-refractivity contribution < 1.29 is 9.53 Å². The van der Waals surface area contributed by atoms with Gasteiger partial charge < -0.3 is 15.0 Å². The molecule has 1 saturated heterocycles. The maximum atomic E-state index is 12.4. The van der Waals surface area contributed by atoms with Gasteiger partial charge in [-0.1, -0.05) is 35.9 Å². The van der Waals surface area contributed by atoms with E-state index in [0.29, 0.717) is 11.5 Å². The Morgan fingerprint density at radius 3 is 2.46 bits per heavy atom. The molecular formula is C21H25ClN2O2. The van der Waals surface area contributed by atoms with Crippen LogP contribution in [0.15, 0.2) is 48.5 Å². The zero-order valence-corrected chi connectivity index (χ0v) is 15.8. The van der Waals surface area contributed by atoms with Crippen LogP contribution in [0.1, 0.15) is 16.8 Å². The first kappa shape index (κ1) is 18.9. The SMILES string of the molecule is COCCN1CC[C@@H](CNC(=O)c2ccc(-c3ccc(Cl)cc3)cc2)C1. The molecule has 2 aromatic carbocycles. The lowest BCUT2D eigenvalue weighted by Crippen LogP contribution is -2.31. The van der Waals surface area contributed by atoms with Crippen LogP contribution >= 0.6 is 11.6 Å². The van der Waals surface area contributed by atoms with Gasteiger partial charge in [-0.05, 0) is 54.3 Å². The van der Waals surface area contributed by atoms with Crippen LogP contribution in [-0.4, -0.2) is 50.7 Å². The van der Waals surface area contributed by atoms with Crippen LogP contribution in [0.4, 0.5) is 0 Å². The Morgan fingerprint density at radius 2 is 1.81 bits per heavy atom. The number of methoxy groups -OCH3 is 1. The predicted molar refractivity (Wildman–Crippen MR) is 106 cm³/mol. The second-order valence-electron chi connectivity index (χ2n) is 6.74. The molecule has 2 aromatic rings. The van der Waals surface area contributed by atoms with Crippen LogP contribution in [-0.2, 0) is 4.74 Å². The van der Waals surface area contributed by atoms with Crippen LogP contribution in [0.5, 0.6) is 0 Å². The number of amides is 1. The monoisotopic (exact) mass is 372 g/mol. The van der Waals surface area contributed by atoms with Crippen LogP contribution in [0.3, 0.4) is 0 Å². The molecule has 1 fully saturated rings. The van der Waals surface area contributed by atoms with Gasteiger partial charge in [0.1, 0.15) is 0 Å². The number of likely N-dealkylation sites (tertiary alicyclic amines) is 1. The van der Waals surface area contributed by atoms with E-state index in [0.717, 1.165) is 55.4 Å². The molecule has 0 radical (unpaired) electrons. The topological polar surface area (TPSA) is 41.6 Å². The highest BCUT2D eigenvalue weighted by molar-refractivity contribution is 6.30. The first-order chi connectivity index (χ1) is 12.7. The number of hydrogen-bond acceptors (Lipinski definition) is 3. The molecular weight excluding hydrogens is 348 g/mol. The summed E-state index contributed by atoms with van der Waals surface area (Å²) in [6.07, 6.45) is 1.12. The van der Waals surface area contributed by atoms with Crippen molar-refractivity contribution in [3.63, 3.8) is 0 Å². The Morgan fingerprint density at radius 1 is 1.15 bits per heavy atom. The molecule has 1 atom stereocenters. The number of carbonyl (C=O) groups is 1. The fourth-order valence-electron chi connectivity index (χ4n) is 3.30. The van der Waals surface area contributed by atoms with Crippen LogP contribution < -0.4 is 5.32 Å². The third-order valence-corrected chi connectivity index (χ3v) is 5.11. The second kappa shape index (κ2) is 9.17. The third-order valence-electron chi connectivity index (χ3n) is 4.86. The summed E-state index contributed by atoms with van der Waals surface area (Å²) in [5.41, 5.74) is 2.85. The van der Waals surface area contributed by atoms with E-state index in [1.807, 2.05) is 48.5 Å². The molecule has 4 nitrogen and oxygen atoms in total. The molecule has 0 aromatic heterocycles. The smallest absolute Gasteiger partial charge is 0.251 e. The molecule has 1 aliphatic heterocycles. The van der Waals surface area contributed by atoms with E-state index in [1.165, 1.54) is 0 Å². The van der Waals surface area contributed by atoms with Gasteiger partial charge in [-0.25, -0.2) is 0 Å². The molecule has 1 aliphatic rings. The Kier molecular flexibility index (Phi) is 6.67. The summed E-state index contributed by atoms with van der Waals surface area (Å²) in [7, 11) is 1.73. The van der Waals surface area contributed by atoms with E-state index in [-0.39, 0.29) is 5.91 Å². The van der Waals surface area contributed by atoms with E-state index in [2.05, 4.69) is 10.2 Å². The second-order valence-corrected chi connectivity index (χ2v) is 7.18. The Bertz CT molecular complexity index is 716. The zero-order valence-electron chi connectivity index (χ0n) is 15.1. The standard InChI is InChI=1S/C21H25ClN2O2/c1-26-13-12-24-11-10-16(15-24)14-23-21(25)19-4-2-17(3-5-19)18-6-8-20(22)9-7-18/h2-9,16H,10-15H2,1H3,(H,23,25)/t16-/m0/s1. The lowest BCUT2D eigenvalue weighted by atomic mass is 10.0. The van der Waals surface area contributed by atoms with Crippen molar-refractivity contribution in [2.45, 2.75) is 6.42 Å². The minimum Gasteiger partial charge on any atom is -0.383 e. The van der Waals surface area contributed by atoms with E-state index < -0.39 is 0 Å². The van der Waals surface area contributed by atoms with E-state index in [1.54, 1.807) is 7.11 Å². The van der Waals surface area contributed by atoms with Gasteiger partial charge in [0, 0.05) is 37.3 Å². The Hall–Kier alpha value is -1.88. The van der Waals surface area contributed by atoms with Crippen molar-refractivity contribution in [2.75, 3.05) is 39.9 Å². The molecule has 0 bridgehead atoms. The zero-order chi connectivity index (χ0) is 18.4. The van der Waals surface area contributed by atoms with Gasteiger partial charge in [-0.3, -0.25) is 4.79 Å². The number of carbonyl (C=O) groups excluding carboxylic acids is 1. The molecule has 1 heterocycles. The van der Waals surface area contributed by atoms with E-state index in [4.69, 9.17) is 16.3 Å². The third kappa shape index (κ3) is 5.07. The number of benzene rings is 2. The number of ether oxygens (including phenoxy) is 1. The minimum atomic E-state index is -0.0111. The van der Waals surface area contributed by atoms with Crippen molar-refractivity contribution in [1.82, 2.24) is 10.2 Å². The molecule has 3 rings (SSSR count). The summed E-state index contributed by atoms with van der Waals surface area (Å²) in [6.45, 7) is 4.56. The fraction of sp³-hybridized carbons (Fsp3) is 0.381. The van der Waals surface area contributed by atoms with E-state index >= 15 is 0 Å². The number of nitrogens with zero attached hydrogens (tertiary/aromatic N) is 1. The lowest BCUT2D eigenvalue weighted by molar-refractivity contribution is 0.0946. The van der Waals surface area contributed by atoms with Crippen molar-refractivity contribution in [3.8, 4) is 11.1 Å². The van der Waals surface area contributed by atoms with Gasteiger partial charge in [0.05, 0.1) is 6.61 Å². The fourth-order valence-corrected chi connectivity index (χ4v) is 3.42. The Labute approximate surface area is 160 Å². The average molecular weight is 373 g/mol.